The molecule has 2 heterocycles. The highest BCUT2D eigenvalue weighted by atomic mass is 35.5. The largest absolute Gasteiger partial charge is 0.508 e. The number of hydrogen-bond acceptors (Lipinski definition) is 10. The summed E-state index contributed by atoms with van der Waals surface area (Å²) in [5.41, 5.74) is 2.89. The molecule has 0 aromatic heterocycles. The predicted molar refractivity (Wildman–Crippen MR) is 175 cm³/mol. The zero-order valence-corrected chi connectivity index (χ0v) is 28.0. The van der Waals surface area contributed by atoms with Crippen LogP contribution in [0.25, 0.3) is 0 Å². The molecule has 3 N–H and O–H groups in total. The van der Waals surface area contributed by atoms with E-state index in [4.69, 9.17) is 37.4 Å². The molecule has 49 heavy (non-hydrogen) atoms. The van der Waals surface area contributed by atoms with Crippen molar-refractivity contribution in [3.05, 3.63) is 87.4 Å². The first-order valence-corrected chi connectivity index (χ1v) is 16.2. The van der Waals surface area contributed by atoms with E-state index in [-0.39, 0.29) is 45.9 Å². The number of allylic oxidation sites excluding steroid dienone is 2. The summed E-state index contributed by atoms with van der Waals surface area (Å²) in [5.74, 6) is -6.76. The van der Waals surface area contributed by atoms with E-state index < -0.39 is 58.6 Å². The van der Waals surface area contributed by atoms with Crippen molar-refractivity contribution in [2.45, 2.75) is 24.2 Å². The number of phenols is 1. The van der Waals surface area contributed by atoms with Crippen molar-refractivity contribution < 1.29 is 43.7 Å². The van der Waals surface area contributed by atoms with E-state index in [0.29, 0.717) is 27.5 Å². The molecular weight excluding hydrogens is 677 g/mol. The van der Waals surface area contributed by atoms with Crippen LogP contribution in [0, 0.1) is 23.7 Å². The van der Waals surface area contributed by atoms with Gasteiger partial charge in [-0.3, -0.25) is 29.8 Å². The van der Waals surface area contributed by atoms with Gasteiger partial charge in [0.2, 0.25) is 0 Å². The summed E-state index contributed by atoms with van der Waals surface area (Å²) in [6.45, 7) is 0. The molecule has 14 heteroatoms. The number of carbonyl (C=O) groups is 4. The van der Waals surface area contributed by atoms with E-state index in [1.165, 1.54) is 39.5 Å². The van der Waals surface area contributed by atoms with Crippen LogP contribution in [-0.2, 0) is 24.6 Å². The molecule has 4 aliphatic rings. The number of hydrogen-bond donors (Lipinski definition) is 3. The number of aromatic hydroxyl groups is 1. The lowest BCUT2D eigenvalue weighted by Gasteiger charge is -2.50. The molecule has 3 aromatic carbocycles. The Balaban J connectivity index is 1.53. The highest BCUT2D eigenvalue weighted by Crippen LogP contribution is 2.66. The monoisotopic (exact) mass is 707 g/mol. The molecule has 254 valence electrons. The Morgan fingerprint density at radius 2 is 1.53 bits per heavy atom. The number of phenolic OH excluding ortho intramolecular Hbond substituents is 1. The second-order valence-electron chi connectivity index (χ2n) is 12.5. The minimum Gasteiger partial charge on any atom is -0.508 e. The number of carbonyl (C=O) groups excluding carboxylic acids is 4. The lowest BCUT2D eigenvalue weighted by Crippen LogP contribution is -2.53. The van der Waals surface area contributed by atoms with E-state index >= 15 is 4.79 Å². The molecule has 0 radical (unpaired) electrons. The van der Waals surface area contributed by atoms with Gasteiger partial charge in [-0.1, -0.05) is 47.0 Å². The number of anilines is 1. The smallest absolute Gasteiger partial charge is 0.260 e. The van der Waals surface area contributed by atoms with Crippen LogP contribution < -0.4 is 19.6 Å². The number of nitrogens with zero attached hydrogens (tertiary/aromatic N) is 2. The summed E-state index contributed by atoms with van der Waals surface area (Å²) in [4.78, 5) is 56.6. The van der Waals surface area contributed by atoms with Gasteiger partial charge in [-0.15, -0.1) is 0 Å². The third-order valence-electron chi connectivity index (χ3n) is 10.4. The third-order valence-corrected chi connectivity index (χ3v) is 10.9. The Kier molecular flexibility index (Phi) is 8.00. The lowest BCUT2D eigenvalue weighted by atomic mass is 9.49. The number of nitrogens with one attached hydrogen (secondary N) is 1. The van der Waals surface area contributed by atoms with Crippen molar-refractivity contribution in [3.63, 3.8) is 0 Å². The Morgan fingerprint density at radius 1 is 0.857 bits per heavy atom. The number of ether oxygens (including phenoxy) is 3. The summed E-state index contributed by atoms with van der Waals surface area (Å²) >= 11 is 12.6. The Labute approximate surface area is 290 Å². The summed E-state index contributed by atoms with van der Waals surface area (Å²) in [7, 11) is 4.32. The Hall–Kier alpha value is -4.78. The van der Waals surface area contributed by atoms with Crippen molar-refractivity contribution in [3.8, 4) is 23.0 Å². The third kappa shape index (κ3) is 4.68. The highest BCUT2D eigenvalue weighted by Gasteiger charge is 2.71. The minimum absolute atomic E-state index is 0.0117. The van der Waals surface area contributed by atoms with Crippen molar-refractivity contribution in [2.75, 3.05) is 26.8 Å². The van der Waals surface area contributed by atoms with E-state index in [1.54, 1.807) is 36.4 Å². The zero-order chi connectivity index (χ0) is 34.9. The number of fused-ring (bicyclic) bond motifs is 4. The molecule has 12 nitrogen and oxygen atoms in total. The first-order valence-electron chi connectivity index (χ1n) is 15.4. The fourth-order valence-electron chi connectivity index (χ4n) is 8.35. The number of hydrazine groups is 1. The van der Waals surface area contributed by atoms with E-state index in [1.807, 2.05) is 6.08 Å². The van der Waals surface area contributed by atoms with Crippen LogP contribution in [0.5, 0.6) is 23.0 Å². The first-order chi connectivity index (χ1) is 23.5. The number of imide groups is 2. The molecule has 1 saturated carbocycles. The SMILES string of the molecule is COc1ccc(C23C(=O)N(Nc4ccc(Cl)cc4Cl)C(=O)C2CC2C(=CCC4C(=O)N(O)C(=O)C42)C3c2c(OC)cc(O)cc2OC)cc1. The van der Waals surface area contributed by atoms with Gasteiger partial charge in [-0.2, -0.15) is 10.1 Å². The Morgan fingerprint density at radius 3 is 2.14 bits per heavy atom. The average molecular weight is 709 g/mol. The molecule has 0 bridgehead atoms. The lowest BCUT2D eigenvalue weighted by molar-refractivity contribution is -0.173. The molecule has 2 aliphatic carbocycles. The van der Waals surface area contributed by atoms with Crippen molar-refractivity contribution >= 4 is 52.5 Å². The Bertz CT molecular complexity index is 1930. The molecule has 3 aromatic rings. The molecule has 3 fully saturated rings. The molecule has 6 atom stereocenters. The van der Waals surface area contributed by atoms with Crippen LogP contribution in [0.3, 0.4) is 0 Å². The summed E-state index contributed by atoms with van der Waals surface area (Å²) < 4.78 is 17.0. The summed E-state index contributed by atoms with van der Waals surface area (Å²) in [5, 5.41) is 22.7. The molecule has 4 amide bonds. The number of amides is 4. The molecule has 2 saturated heterocycles. The number of rotatable bonds is 7. The van der Waals surface area contributed by atoms with Crippen LogP contribution in [0.15, 0.2) is 66.2 Å². The van der Waals surface area contributed by atoms with Gasteiger partial charge in [0.1, 0.15) is 23.0 Å². The summed E-state index contributed by atoms with van der Waals surface area (Å²) in [6, 6.07) is 14.2. The van der Waals surface area contributed by atoms with Gasteiger partial charge in [-0.05, 0) is 54.7 Å². The van der Waals surface area contributed by atoms with Crippen LogP contribution in [0.4, 0.5) is 5.69 Å². The zero-order valence-electron chi connectivity index (χ0n) is 26.5. The minimum atomic E-state index is -1.69. The van der Waals surface area contributed by atoms with Crippen LogP contribution in [0.2, 0.25) is 10.0 Å². The predicted octanol–water partition coefficient (Wildman–Crippen LogP) is 5.10. The quantitative estimate of drug-likeness (QED) is 0.172. The van der Waals surface area contributed by atoms with Crippen molar-refractivity contribution in [1.29, 1.82) is 0 Å². The molecule has 0 spiro atoms. The van der Waals surface area contributed by atoms with Crippen molar-refractivity contribution in [2.24, 2.45) is 23.7 Å². The number of halogens is 2. The van der Waals surface area contributed by atoms with Crippen molar-refractivity contribution in [1.82, 2.24) is 10.1 Å². The maximum absolute atomic E-state index is 15.3. The van der Waals surface area contributed by atoms with Gasteiger partial charge in [0.15, 0.2) is 0 Å². The van der Waals surface area contributed by atoms with Gasteiger partial charge >= 0.3 is 0 Å². The maximum Gasteiger partial charge on any atom is 0.260 e. The maximum atomic E-state index is 15.3. The fraction of sp³-hybridized carbons (Fsp3) is 0.314. The fourth-order valence-corrected chi connectivity index (χ4v) is 8.80. The molecule has 2 aliphatic heterocycles. The number of methoxy groups -OCH3 is 3. The second-order valence-corrected chi connectivity index (χ2v) is 13.3. The topological polar surface area (TPSA) is 155 Å². The second kappa shape index (κ2) is 12.0. The molecule has 7 rings (SSSR count). The first kappa shape index (κ1) is 32.8. The standard InChI is InChI=1S/C35H31Cl2N3O9/c1-47-19-7-4-16(5-8-19)35-23(32(43)39(34(35)45)38-25-11-6-17(36)12-24(25)37)15-22-20(9-10-21-28(22)33(44)40(46)31(21)42)30(35)29-26(48-2)13-18(41)14-27(29)49-3/h4-9,11-14,21-23,28,30,38,41,46H,10,15H2,1-3H3. The average Bonchev–Trinajstić information content (AvgIpc) is 3.45. The van der Waals surface area contributed by atoms with Gasteiger partial charge in [0, 0.05) is 28.6 Å². The van der Waals surface area contributed by atoms with Gasteiger partial charge in [-0.25, -0.2) is 0 Å². The van der Waals surface area contributed by atoms with Crippen LogP contribution in [0.1, 0.15) is 29.9 Å². The van der Waals surface area contributed by atoms with E-state index in [0.717, 1.165) is 5.01 Å². The number of benzene rings is 3. The van der Waals surface area contributed by atoms with Gasteiger partial charge in [0.25, 0.3) is 23.6 Å². The number of hydroxylamine groups is 2. The van der Waals surface area contributed by atoms with Gasteiger partial charge < -0.3 is 19.3 Å². The van der Waals surface area contributed by atoms with Crippen LogP contribution in [-0.4, -0.2) is 65.3 Å². The summed E-state index contributed by atoms with van der Waals surface area (Å²) in [6.07, 6.45) is 1.91. The van der Waals surface area contributed by atoms with E-state index in [2.05, 4.69) is 5.43 Å². The highest BCUT2D eigenvalue weighted by molar-refractivity contribution is 6.36. The normalized spacial score (nSPS) is 27.4. The van der Waals surface area contributed by atoms with E-state index in [9.17, 15) is 24.7 Å². The molecular formula is C35H31Cl2N3O9. The molecule has 6 unspecified atom stereocenters. The van der Waals surface area contributed by atoms with Crippen LogP contribution >= 0.6 is 23.2 Å². The van der Waals surface area contributed by atoms with Gasteiger partial charge in [0.05, 0.1) is 55.2 Å².